The number of nitrogens with one attached hydrogen (secondary N) is 1. The van der Waals surface area contributed by atoms with Crippen molar-refractivity contribution in [1.82, 2.24) is 0 Å². The molecule has 2 aromatic rings. The van der Waals surface area contributed by atoms with Gasteiger partial charge in [0, 0.05) is 23.9 Å². The zero-order valence-corrected chi connectivity index (χ0v) is 15.6. The fourth-order valence-electron chi connectivity index (χ4n) is 3.22. The van der Waals surface area contributed by atoms with Crippen LogP contribution in [0.2, 0.25) is 0 Å². The third-order valence-electron chi connectivity index (χ3n) is 4.64. The molecule has 1 atom stereocenters. The Morgan fingerprint density at radius 1 is 1.40 bits per heavy atom. The highest BCUT2D eigenvalue weighted by atomic mass is 32.1. The Morgan fingerprint density at radius 2 is 2.20 bits per heavy atom. The van der Waals surface area contributed by atoms with E-state index in [9.17, 15) is 9.59 Å². The first-order chi connectivity index (χ1) is 12.0. The fourth-order valence-corrected chi connectivity index (χ4v) is 4.63. The summed E-state index contributed by atoms with van der Waals surface area (Å²) in [6.07, 6.45) is 4.74. The number of esters is 1. The van der Waals surface area contributed by atoms with Gasteiger partial charge in [0.05, 0.1) is 12.7 Å². The van der Waals surface area contributed by atoms with Crippen LogP contribution in [0.15, 0.2) is 24.4 Å². The van der Waals surface area contributed by atoms with Gasteiger partial charge in [-0.05, 0) is 30.7 Å². The Labute approximate surface area is 151 Å². The second-order valence-electron chi connectivity index (χ2n) is 6.57. The monoisotopic (exact) mass is 359 g/mol. The van der Waals surface area contributed by atoms with Crippen LogP contribution in [0.25, 0.3) is 0 Å². The number of hydrogen-bond donors (Lipinski definition) is 1. The molecule has 1 aliphatic rings. The van der Waals surface area contributed by atoms with E-state index in [0.717, 1.165) is 30.5 Å². The van der Waals surface area contributed by atoms with Crippen molar-refractivity contribution in [3.05, 3.63) is 46.1 Å². The van der Waals surface area contributed by atoms with Crippen LogP contribution in [0, 0.1) is 12.8 Å². The molecular weight excluding hydrogens is 336 g/mol. The lowest BCUT2D eigenvalue weighted by molar-refractivity contribution is -0.690. The van der Waals surface area contributed by atoms with Gasteiger partial charge in [0.25, 0.3) is 5.91 Å². The molecule has 25 heavy (non-hydrogen) atoms. The number of fused-ring (bicyclic) bond motifs is 1. The van der Waals surface area contributed by atoms with Crippen LogP contribution in [0.5, 0.6) is 0 Å². The molecule has 2 aromatic heterocycles. The summed E-state index contributed by atoms with van der Waals surface area (Å²) in [5.41, 5.74) is 2.59. The first kappa shape index (κ1) is 17.6. The smallest absolute Gasteiger partial charge is 0.341 e. The molecule has 132 valence electrons. The quantitative estimate of drug-likeness (QED) is 0.674. The number of nitrogens with zero attached hydrogens (tertiary/aromatic N) is 1. The van der Waals surface area contributed by atoms with E-state index in [2.05, 4.69) is 12.2 Å². The molecule has 1 N–H and O–H groups in total. The number of anilines is 1. The standard InChI is InChI=1S/C19H22N2O3S/c1-12-7-8-14-15(10-12)25-18(17(14)19(23)24-3)20-16(22)11-21-9-5-4-6-13(21)2/h4-6,9,12H,7-8,10-11H2,1-3H3/p+1/t12-/m1/s1. The predicted octanol–water partition coefficient (Wildman–Crippen LogP) is 2.89. The number of aromatic nitrogens is 1. The van der Waals surface area contributed by atoms with Gasteiger partial charge >= 0.3 is 5.97 Å². The van der Waals surface area contributed by atoms with Crippen LogP contribution in [0.3, 0.4) is 0 Å². The van der Waals surface area contributed by atoms with E-state index in [1.165, 1.54) is 23.3 Å². The average molecular weight is 359 g/mol. The van der Waals surface area contributed by atoms with Crippen LogP contribution in [-0.4, -0.2) is 19.0 Å². The maximum Gasteiger partial charge on any atom is 0.341 e. The number of rotatable bonds is 4. The lowest BCUT2D eigenvalue weighted by Crippen LogP contribution is -2.42. The molecular formula is C19H23N2O3S+. The number of carbonyl (C=O) groups is 2. The van der Waals surface area contributed by atoms with Gasteiger partial charge in [0.2, 0.25) is 6.54 Å². The molecule has 0 bridgehead atoms. The molecule has 0 aromatic carbocycles. The zero-order chi connectivity index (χ0) is 18.0. The summed E-state index contributed by atoms with van der Waals surface area (Å²) in [6, 6.07) is 5.79. The maximum atomic E-state index is 12.5. The number of methoxy groups -OCH3 is 1. The highest BCUT2D eigenvalue weighted by Gasteiger charge is 2.29. The number of hydrogen-bond acceptors (Lipinski definition) is 4. The van der Waals surface area contributed by atoms with E-state index in [4.69, 9.17) is 4.74 Å². The lowest BCUT2D eigenvalue weighted by Gasteiger charge is -2.18. The third kappa shape index (κ3) is 3.74. The van der Waals surface area contributed by atoms with Gasteiger partial charge in [-0.25, -0.2) is 4.79 Å². The fraction of sp³-hybridized carbons (Fsp3) is 0.421. The normalized spacial score (nSPS) is 16.2. The molecule has 3 rings (SSSR count). The molecule has 6 heteroatoms. The number of carbonyl (C=O) groups excluding carboxylic acids is 2. The highest BCUT2D eigenvalue weighted by Crippen LogP contribution is 2.39. The van der Waals surface area contributed by atoms with Crippen molar-refractivity contribution in [2.45, 2.75) is 39.7 Å². The molecule has 0 spiro atoms. The van der Waals surface area contributed by atoms with Gasteiger partial charge in [0.15, 0.2) is 11.9 Å². The van der Waals surface area contributed by atoms with Gasteiger partial charge in [-0.3, -0.25) is 4.79 Å². The van der Waals surface area contributed by atoms with E-state index in [0.29, 0.717) is 16.5 Å². The Bertz CT molecular complexity index is 813. The molecule has 1 amide bonds. The van der Waals surface area contributed by atoms with Gasteiger partial charge in [-0.1, -0.05) is 13.0 Å². The Kier molecular flexibility index (Phi) is 5.18. The summed E-state index contributed by atoms with van der Waals surface area (Å²) in [7, 11) is 1.38. The number of pyridine rings is 1. The summed E-state index contributed by atoms with van der Waals surface area (Å²) in [6.45, 7) is 4.39. The molecule has 0 aliphatic heterocycles. The van der Waals surface area contributed by atoms with Crippen LogP contribution in [0.4, 0.5) is 5.00 Å². The van der Waals surface area contributed by atoms with Crippen molar-refractivity contribution in [3.63, 3.8) is 0 Å². The summed E-state index contributed by atoms with van der Waals surface area (Å²) in [5.74, 6) is 0.0877. The minimum atomic E-state index is -0.370. The number of ether oxygens (including phenoxy) is 1. The lowest BCUT2D eigenvalue weighted by atomic mass is 9.88. The molecule has 0 radical (unpaired) electrons. The van der Waals surface area contributed by atoms with Crippen molar-refractivity contribution in [2.75, 3.05) is 12.4 Å². The molecule has 0 unspecified atom stereocenters. The van der Waals surface area contributed by atoms with E-state index in [1.807, 2.05) is 35.9 Å². The topological polar surface area (TPSA) is 59.3 Å². The van der Waals surface area contributed by atoms with Crippen molar-refractivity contribution >= 4 is 28.2 Å². The van der Waals surface area contributed by atoms with Gasteiger partial charge in [0.1, 0.15) is 5.00 Å². The minimum Gasteiger partial charge on any atom is -0.465 e. The predicted molar refractivity (Wildman–Crippen MR) is 96.9 cm³/mol. The third-order valence-corrected chi connectivity index (χ3v) is 5.81. The van der Waals surface area contributed by atoms with Crippen LogP contribution < -0.4 is 9.88 Å². The molecule has 0 saturated carbocycles. The van der Waals surface area contributed by atoms with E-state index in [-0.39, 0.29) is 18.4 Å². The van der Waals surface area contributed by atoms with Crippen molar-refractivity contribution in [3.8, 4) is 0 Å². The largest absolute Gasteiger partial charge is 0.465 e. The van der Waals surface area contributed by atoms with Gasteiger partial charge in [-0.2, -0.15) is 4.57 Å². The number of aryl methyl sites for hydroxylation is 1. The summed E-state index contributed by atoms with van der Waals surface area (Å²) < 4.78 is 6.84. The highest BCUT2D eigenvalue weighted by molar-refractivity contribution is 7.17. The minimum absolute atomic E-state index is 0.143. The molecule has 0 fully saturated rings. The zero-order valence-electron chi connectivity index (χ0n) is 14.8. The van der Waals surface area contributed by atoms with Crippen LogP contribution in [-0.2, 0) is 28.9 Å². The van der Waals surface area contributed by atoms with Crippen molar-refractivity contribution < 1.29 is 18.9 Å². The SMILES string of the molecule is COC(=O)c1c(NC(=O)C[n+]2ccccc2C)sc2c1CC[C@@H](C)C2. The number of thiophene rings is 1. The molecule has 2 heterocycles. The van der Waals surface area contributed by atoms with E-state index < -0.39 is 0 Å². The second kappa shape index (κ2) is 7.35. The first-order valence-corrected chi connectivity index (χ1v) is 9.29. The van der Waals surface area contributed by atoms with E-state index >= 15 is 0 Å². The summed E-state index contributed by atoms with van der Waals surface area (Å²) in [5, 5.41) is 3.55. The average Bonchev–Trinajstić information content (AvgIpc) is 2.92. The molecule has 0 saturated heterocycles. The number of amides is 1. The summed E-state index contributed by atoms with van der Waals surface area (Å²) in [4.78, 5) is 26.0. The molecule has 5 nitrogen and oxygen atoms in total. The van der Waals surface area contributed by atoms with Crippen molar-refractivity contribution in [1.29, 1.82) is 0 Å². The van der Waals surface area contributed by atoms with Crippen LogP contribution >= 0.6 is 11.3 Å². The Morgan fingerprint density at radius 3 is 2.92 bits per heavy atom. The van der Waals surface area contributed by atoms with Crippen molar-refractivity contribution in [2.24, 2.45) is 5.92 Å². The van der Waals surface area contributed by atoms with Crippen LogP contribution in [0.1, 0.15) is 39.8 Å². The Hall–Kier alpha value is -2.21. The first-order valence-electron chi connectivity index (χ1n) is 8.47. The summed E-state index contributed by atoms with van der Waals surface area (Å²) >= 11 is 1.51. The molecule has 1 aliphatic carbocycles. The Balaban J connectivity index is 1.85. The maximum absolute atomic E-state index is 12.5. The van der Waals surface area contributed by atoms with E-state index in [1.54, 1.807) is 0 Å². The van der Waals surface area contributed by atoms with Gasteiger partial charge < -0.3 is 10.1 Å². The second-order valence-corrected chi connectivity index (χ2v) is 7.67. The van der Waals surface area contributed by atoms with Gasteiger partial charge in [-0.15, -0.1) is 11.3 Å².